The molecule has 0 unspecified atom stereocenters. The van der Waals surface area contributed by atoms with Gasteiger partial charge >= 0.3 is 5.97 Å². The van der Waals surface area contributed by atoms with Crippen molar-refractivity contribution in [2.24, 2.45) is 0 Å². The predicted molar refractivity (Wildman–Crippen MR) is 132 cm³/mol. The number of hydrogen-bond donors (Lipinski definition) is 1. The second-order valence-corrected chi connectivity index (χ2v) is 7.92. The highest BCUT2D eigenvalue weighted by atomic mass is 32.1. The summed E-state index contributed by atoms with van der Waals surface area (Å²) in [6.07, 6.45) is 0. The number of anilines is 1. The summed E-state index contributed by atoms with van der Waals surface area (Å²) in [5.41, 5.74) is 3.80. The van der Waals surface area contributed by atoms with Crippen molar-refractivity contribution in [1.29, 1.82) is 0 Å². The largest absolute Gasteiger partial charge is 0.496 e. The molecule has 0 aliphatic heterocycles. The highest BCUT2D eigenvalue weighted by molar-refractivity contribution is 7.07. The number of amides is 1. The topological polar surface area (TPSA) is 96.0 Å². The molecule has 0 spiro atoms. The summed E-state index contributed by atoms with van der Waals surface area (Å²) in [6, 6.07) is 18.2. The molecule has 0 saturated carbocycles. The van der Waals surface area contributed by atoms with Gasteiger partial charge in [0.05, 0.1) is 36.6 Å². The lowest BCUT2D eigenvalue weighted by molar-refractivity contribution is 0.0734. The second-order valence-electron chi connectivity index (χ2n) is 7.20. The summed E-state index contributed by atoms with van der Waals surface area (Å²) in [5.74, 6) is 0.839. The van der Waals surface area contributed by atoms with Gasteiger partial charge in [0, 0.05) is 11.1 Å². The van der Waals surface area contributed by atoms with Gasteiger partial charge in [-0.3, -0.25) is 4.79 Å². The lowest BCUT2D eigenvalue weighted by atomic mass is 10.2. The molecule has 8 nitrogen and oxygen atoms in total. The van der Waals surface area contributed by atoms with E-state index in [1.165, 1.54) is 25.6 Å². The molecule has 0 atom stereocenters. The zero-order valence-electron chi connectivity index (χ0n) is 19.0. The molecule has 1 heterocycles. The van der Waals surface area contributed by atoms with E-state index < -0.39 is 5.97 Å². The zero-order chi connectivity index (χ0) is 24.6. The van der Waals surface area contributed by atoms with Crippen LogP contribution < -0.4 is 24.3 Å². The quantitative estimate of drug-likeness (QED) is 0.254. The van der Waals surface area contributed by atoms with E-state index in [4.69, 9.17) is 18.9 Å². The second kappa shape index (κ2) is 11.2. The van der Waals surface area contributed by atoms with Gasteiger partial charge in [-0.15, -0.1) is 11.3 Å². The first-order valence-corrected chi connectivity index (χ1v) is 11.5. The van der Waals surface area contributed by atoms with Crippen LogP contribution in [0.3, 0.4) is 0 Å². The Morgan fingerprint density at radius 3 is 2.40 bits per heavy atom. The van der Waals surface area contributed by atoms with Crippen molar-refractivity contribution in [2.75, 3.05) is 19.5 Å². The van der Waals surface area contributed by atoms with Gasteiger partial charge < -0.3 is 24.3 Å². The van der Waals surface area contributed by atoms with Crippen LogP contribution >= 0.6 is 11.3 Å². The molecular weight excluding hydrogens is 468 g/mol. The molecule has 1 amide bonds. The van der Waals surface area contributed by atoms with Crippen LogP contribution in [0.1, 0.15) is 26.4 Å². The first-order chi connectivity index (χ1) is 17.1. The third kappa shape index (κ3) is 5.96. The van der Waals surface area contributed by atoms with E-state index in [0.29, 0.717) is 46.4 Å². The predicted octanol–water partition coefficient (Wildman–Crippen LogP) is 5.21. The van der Waals surface area contributed by atoms with E-state index in [0.717, 1.165) is 5.69 Å². The monoisotopic (exact) mass is 490 g/mol. The van der Waals surface area contributed by atoms with Crippen molar-refractivity contribution in [2.45, 2.75) is 6.61 Å². The number of carbonyl (C=O) groups excluding carboxylic acids is 2. The molecule has 1 aromatic heterocycles. The van der Waals surface area contributed by atoms with Crippen molar-refractivity contribution in [3.05, 3.63) is 94.4 Å². The third-order valence-electron chi connectivity index (χ3n) is 4.93. The number of thiazole rings is 1. The maximum Gasteiger partial charge on any atom is 0.343 e. The molecule has 9 heteroatoms. The summed E-state index contributed by atoms with van der Waals surface area (Å²) in [4.78, 5) is 29.4. The molecule has 0 bridgehead atoms. The maximum atomic E-state index is 12.6. The molecule has 0 aliphatic carbocycles. The highest BCUT2D eigenvalue weighted by Crippen LogP contribution is 2.29. The lowest BCUT2D eigenvalue weighted by Crippen LogP contribution is -2.13. The number of rotatable bonds is 9. The van der Waals surface area contributed by atoms with Gasteiger partial charge in [-0.1, -0.05) is 12.1 Å². The molecule has 0 fully saturated rings. The van der Waals surface area contributed by atoms with Crippen molar-refractivity contribution in [1.82, 2.24) is 4.98 Å². The minimum absolute atomic E-state index is 0.295. The van der Waals surface area contributed by atoms with Crippen LogP contribution in [0.2, 0.25) is 0 Å². The molecule has 35 heavy (non-hydrogen) atoms. The first-order valence-electron chi connectivity index (χ1n) is 10.5. The molecule has 4 aromatic rings. The normalized spacial score (nSPS) is 10.3. The molecule has 0 radical (unpaired) electrons. The Morgan fingerprint density at radius 2 is 1.69 bits per heavy atom. The number of para-hydroxylation sites is 1. The van der Waals surface area contributed by atoms with Crippen molar-refractivity contribution < 1.29 is 28.5 Å². The van der Waals surface area contributed by atoms with Gasteiger partial charge in [0.2, 0.25) is 0 Å². The van der Waals surface area contributed by atoms with E-state index in [-0.39, 0.29) is 5.91 Å². The van der Waals surface area contributed by atoms with Crippen LogP contribution in [0.15, 0.2) is 77.6 Å². The first kappa shape index (κ1) is 23.8. The number of aromatic nitrogens is 1. The Hall–Kier alpha value is -4.37. The van der Waals surface area contributed by atoms with E-state index in [9.17, 15) is 9.59 Å². The molecular formula is C26H22N2O6S. The molecule has 4 rings (SSSR count). The Morgan fingerprint density at radius 1 is 0.914 bits per heavy atom. The van der Waals surface area contributed by atoms with Crippen LogP contribution in [0, 0.1) is 0 Å². The minimum atomic E-state index is -0.555. The number of esters is 1. The zero-order valence-corrected chi connectivity index (χ0v) is 19.8. The van der Waals surface area contributed by atoms with Crippen molar-refractivity contribution in [3.8, 4) is 23.0 Å². The van der Waals surface area contributed by atoms with Gasteiger partial charge in [-0.05, 0) is 54.6 Å². The molecule has 0 saturated heterocycles. The van der Waals surface area contributed by atoms with Gasteiger partial charge in [-0.2, -0.15) is 0 Å². The summed E-state index contributed by atoms with van der Waals surface area (Å²) in [6.45, 7) is 0.295. The number of nitrogens with zero attached hydrogens (tertiary/aromatic N) is 1. The summed E-state index contributed by atoms with van der Waals surface area (Å²) < 4.78 is 21.8. The van der Waals surface area contributed by atoms with Crippen molar-refractivity contribution in [3.63, 3.8) is 0 Å². The van der Waals surface area contributed by atoms with Gasteiger partial charge in [0.1, 0.15) is 18.1 Å². The third-order valence-corrected chi connectivity index (χ3v) is 5.57. The van der Waals surface area contributed by atoms with E-state index >= 15 is 0 Å². The average Bonchev–Trinajstić information content (AvgIpc) is 3.42. The van der Waals surface area contributed by atoms with Gasteiger partial charge in [0.25, 0.3) is 5.91 Å². The molecule has 1 N–H and O–H groups in total. The van der Waals surface area contributed by atoms with E-state index in [1.54, 1.807) is 72.2 Å². The fourth-order valence-corrected chi connectivity index (χ4v) is 3.72. The summed E-state index contributed by atoms with van der Waals surface area (Å²) in [7, 11) is 3.01. The Bertz CT molecular complexity index is 1310. The minimum Gasteiger partial charge on any atom is -0.496 e. The number of carbonyl (C=O) groups is 2. The fourth-order valence-electron chi connectivity index (χ4n) is 3.18. The molecule has 178 valence electrons. The number of methoxy groups -OCH3 is 2. The van der Waals surface area contributed by atoms with Crippen LogP contribution in [-0.2, 0) is 6.61 Å². The van der Waals surface area contributed by atoms with Crippen LogP contribution in [0.4, 0.5) is 5.69 Å². The molecule has 3 aromatic carbocycles. The van der Waals surface area contributed by atoms with Crippen LogP contribution in [0.25, 0.3) is 0 Å². The fraction of sp³-hybridized carbons (Fsp3) is 0.115. The smallest absolute Gasteiger partial charge is 0.343 e. The Kier molecular flexibility index (Phi) is 7.59. The average molecular weight is 491 g/mol. The maximum absolute atomic E-state index is 12.6. The van der Waals surface area contributed by atoms with E-state index in [1.807, 2.05) is 5.38 Å². The van der Waals surface area contributed by atoms with Crippen LogP contribution in [-0.4, -0.2) is 31.1 Å². The molecule has 0 aliphatic rings. The Labute approximate surface area is 206 Å². The number of benzene rings is 3. The van der Waals surface area contributed by atoms with Crippen molar-refractivity contribution >= 4 is 28.9 Å². The highest BCUT2D eigenvalue weighted by Gasteiger charge is 2.15. The SMILES string of the molecule is COc1cc(C(=O)Oc2ccc(NC(=O)c3ccccc3OC)cc2)ccc1OCc1cscn1. The summed E-state index contributed by atoms with van der Waals surface area (Å²) in [5, 5.41) is 4.69. The van der Waals surface area contributed by atoms with E-state index in [2.05, 4.69) is 10.3 Å². The number of hydrogen-bond acceptors (Lipinski definition) is 8. The van der Waals surface area contributed by atoms with Crippen LogP contribution in [0.5, 0.6) is 23.0 Å². The Balaban J connectivity index is 1.38. The standard InChI is InChI=1S/C26H22N2O6S/c1-31-22-6-4-3-5-21(22)25(29)28-18-8-10-20(11-9-18)34-26(30)17-7-12-23(24(13-17)32-2)33-14-19-15-35-16-27-19/h3-13,15-16H,14H2,1-2H3,(H,28,29). The number of nitrogens with one attached hydrogen (secondary N) is 1. The number of ether oxygens (including phenoxy) is 4. The summed E-state index contributed by atoms with van der Waals surface area (Å²) >= 11 is 1.49. The lowest BCUT2D eigenvalue weighted by Gasteiger charge is -2.12. The van der Waals surface area contributed by atoms with Gasteiger partial charge in [0.15, 0.2) is 11.5 Å². The van der Waals surface area contributed by atoms with Gasteiger partial charge in [-0.25, -0.2) is 9.78 Å².